The second-order valence-corrected chi connectivity index (χ2v) is 9.19. The smallest absolute Gasteiger partial charge is 0.209 e. The van der Waals surface area contributed by atoms with Crippen molar-refractivity contribution in [2.24, 2.45) is 5.92 Å². The Hall–Kier alpha value is -1.29. The summed E-state index contributed by atoms with van der Waals surface area (Å²) in [4.78, 5) is 10.8. The van der Waals surface area contributed by atoms with E-state index in [9.17, 15) is 8.42 Å². The minimum atomic E-state index is -3.29. The summed E-state index contributed by atoms with van der Waals surface area (Å²) >= 11 is 1.62. The van der Waals surface area contributed by atoms with Crippen molar-refractivity contribution in [2.75, 3.05) is 18.2 Å². The van der Waals surface area contributed by atoms with Crippen LogP contribution in [0.3, 0.4) is 0 Å². The van der Waals surface area contributed by atoms with Crippen LogP contribution in [0.1, 0.15) is 11.3 Å². The van der Waals surface area contributed by atoms with Gasteiger partial charge in [0, 0.05) is 17.4 Å². The topological polar surface area (TPSA) is 93.2 Å². The maximum atomic E-state index is 11.6. The molecule has 2 fully saturated rings. The van der Waals surface area contributed by atoms with E-state index in [1.54, 1.807) is 17.7 Å². The highest BCUT2D eigenvalue weighted by Crippen LogP contribution is 2.41. The highest BCUT2D eigenvalue weighted by Gasteiger charge is 2.55. The van der Waals surface area contributed by atoms with Gasteiger partial charge in [-0.15, -0.1) is 11.3 Å². The van der Waals surface area contributed by atoms with Gasteiger partial charge < -0.3 is 10.1 Å². The largest absolute Gasteiger partial charge is 0.376 e. The lowest BCUT2D eigenvalue weighted by Gasteiger charge is -2.47. The number of aryl methyl sites for hydroxylation is 1. The number of hydrogen-bond donors (Lipinski definition) is 2. The molecule has 1 saturated heterocycles. The number of hydrogen-bond acceptors (Lipinski definition) is 7. The number of sulfonamides is 1. The molecule has 1 aliphatic carbocycles. The molecule has 0 spiro atoms. The van der Waals surface area contributed by atoms with E-state index in [2.05, 4.69) is 26.1 Å². The van der Waals surface area contributed by atoms with Gasteiger partial charge in [-0.05, 0) is 19.4 Å². The van der Waals surface area contributed by atoms with Gasteiger partial charge in [-0.3, -0.25) is 0 Å². The van der Waals surface area contributed by atoms with E-state index in [4.69, 9.17) is 4.74 Å². The van der Waals surface area contributed by atoms with E-state index < -0.39 is 10.0 Å². The summed E-state index contributed by atoms with van der Waals surface area (Å²) in [7, 11) is -3.29. The summed E-state index contributed by atoms with van der Waals surface area (Å²) in [5.74, 6) is 1.06. The van der Waals surface area contributed by atoms with Crippen molar-refractivity contribution in [2.45, 2.75) is 31.5 Å². The minimum Gasteiger partial charge on any atom is -0.376 e. The second kappa shape index (κ2) is 5.37. The summed E-state index contributed by atoms with van der Waals surface area (Å²) in [5, 5.41) is 4.41. The molecule has 2 aromatic heterocycles. The molecule has 3 heterocycles. The third kappa shape index (κ3) is 2.71. The van der Waals surface area contributed by atoms with Crippen LogP contribution in [-0.2, 0) is 14.8 Å². The number of aromatic nitrogens is 2. The van der Waals surface area contributed by atoms with Crippen molar-refractivity contribution in [3.8, 4) is 0 Å². The Bertz CT molecular complexity index is 851. The van der Waals surface area contributed by atoms with Crippen molar-refractivity contribution in [3.05, 3.63) is 17.3 Å². The van der Waals surface area contributed by atoms with E-state index in [0.29, 0.717) is 12.5 Å². The first-order valence-electron chi connectivity index (χ1n) is 7.49. The monoisotopic (exact) mass is 354 g/mol. The highest BCUT2D eigenvalue weighted by molar-refractivity contribution is 7.88. The van der Waals surface area contributed by atoms with E-state index in [1.165, 1.54) is 11.1 Å². The lowest BCUT2D eigenvalue weighted by Crippen LogP contribution is -2.68. The molecule has 4 atom stereocenters. The second-order valence-electron chi connectivity index (χ2n) is 6.17. The molecule has 2 aromatic rings. The van der Waals surface area contributed by atoms with Gasteiger partial charge in [0.2, 0.25) is 10.0 Å². The molecule has 124 valence electrons. The summed E-state index contributed by atoms with van der Waals surface area (Å²) in [6, 6.07) is 1.78. The average molecular weight is 354 g/mol. The molecule has 1 saturated carbocycles. The summed E-state index contributed by atoms with van der Waals surface area (Å²) in [6.07, 6.45) is 3.60. The van der Waals surface area contributed by atoms with Crippen LogP contribution in [0.4, 0.5) is 5.82 Å². The molecule has 2 aliphatic rings. The van der Waals surface area contributed by atoms with E-state index >= 15 is 0 Å². The lowest BCUT2D eigenvalue weighted by molar-refractivity contribution is -0.00314. The zero-order valence-corrected chi connectivity index (χ0v) is 14.4. The molecule has 0 unspecified atom stereocenters. The standard InChI is InChI=1S/C14H18N4O3S2/c1-7-5-9-13(15-6-16-14(9)22-7)17-10-8-3-4-21-12(8)11(10)18-23(2,19)20/h5-6,8,10-12,18H,3-4H2,1-2H3,(H,15,16,17)/t8-,10+,11-,12-/m0/s1. The number of anilines is 1. The van der Waals surface area contributed by atoms with Crippen molar-refractivity contribution in [3.63, 3.8) is 0 Å². The first-order valence-corrected chi connectivity index (χ1v) is 10.2. The Morgan fingerprint density at radius 2 is 2.17 bits per heavy atom. The van der Waals surface area contributed by atoms with Gasteiger partial charge in [0.25, 0.3) is 0 Å². The van der Waals surface area contributed by atoms with Crippen LogP contribution in [0.2, 0.25) is 0 Å². The Morgan fingerprint density at radius 3 is 2.96 bits per heavy atom. The molecule has 4 rings (SSSR count). The number of fused-ring (bicyclic) bond motifs is 2. The fourth-order valence-corrected chi connectivity index (χ4v) is 5.16. The maximum Gasteiger partial charge on any atom is 0.209 e. The summed E-state index contributed by atoms with van der Waals surface area (Å²) < 4.78 is 31.6. The fourth-order valence-electron chi connectivity index (χ4n) is 3.54. The van der Waals surface area contributed by atoms with Crippen molar-refractivity contribution in [1.82, 2.24) is 14.7 Å². The lowest BCUT2D eigenvalue weighted by atomic mass is 9.72. The number of nitrogens with one attached hydrogen (secondary N) is 2. The molecule has 23 heavy (non-hydrogen) atoms. The Morgan fingerprint density at radius 1 is 1.35 bits per heavy atom. The number of nitrogens with zero attached hydrogens (tertiary/aromatic N) is 2. The zero-order valence-electron chi connectivity index (χ0n) is 12.8. The van der Waals surface area contributed by atoms with Crippen molar-refractivity contribution < 1.29 is 13.2 Å². The molecule has 0 radical (unpaired) electrons. The third-order valence-electron chi connectivity index (χ3n) is 4.49. The Labute approximate surface area is 138 Å². The van der Waals surface area contributed by atoms with Crippen LogP contribution in [0.5, 0.6) is 0 Å². The predicted octanol–water partition coefficient (Wildman–Crippen LogP) is 1.12. The molecule has 0 bridgehead atoms. The normalized spacial score (nSPS) is 30.2. The first kappa shape index (κ1) is 15.3. The molecule has 9 heteroatoms. The molecule has 0 aromatic carbocycles. The number of thiophene rings is 1. The predicted molar refractivity (Wildman–Crippen MR) is 89.2 cm³/mol. The third-order valence-corrected chi connectivity index (χ3v) is 6.15. The molecular weight excluding hydrogens is 336 g/mol. The molecule has 2 N–H and O–H groups in total. The van der Waals surface area contributed by atoms with Crippen LogP contribution in [0.15, 0.2) is 12.4 Å². The quantitative estimate of drug-likeness (QED) is 0.855. The van der Waals surface area contributed by atoms with Gasteiger partial charge >= 0.3 is 0 Å². The maximum absolute atomic E-state index is 11.6. The van der Waals surface area contributed by atoms with Crippen LogP contribution >= 0.6 is 11.3 Å². The van der Waals surface area contributed by atoms with Crippen LogP contribution in [0, 0.1) is 12.8 Å². The van der Waals surface area contributed by atoms with Crippen molar-refractivity contribution in [1.29, 1.82) is 0 Å². The summed E-state index contributed by atoms with van der Waals surface area (Å²) in [6.45, 7) is 2.71. The van der Waals surface area contributed by atoms with Crippen molar-refractivity contribution >= 4 is 37.4 Å². The van der Waals surface area contributed by atoms with Gasteiger partial charge in [0.05, 0.1) is 29.8 Å². The van der Waals surface area contributed by atoms with E-state index in [1.807, 2.05) is 6.92 Å². The van der Waals surface area contributed by atoms with Crippen LogP contribution in [-0.4, -0.2) is 49.4 Å². The van der Waals surface area contributed by atoms with Gasteiger partial charge in [0.1, 0.15) is 17.0 Å². The molecule has 1 aliphatic heterocycles. The summed E-state index contributed by atoms with van der Waals surface area (Å²) in [5.41, 5.74) is 0. The van der Waals surface area contributed by atoms with Gasteiger partial charge in [-0.1, -0.05) is 0 Å². The highest BCUT2D eigenvalue weighted by atomic mass is 32.2. The van der Waals surface area contributed by atoms with Crippen LogP contribution in [0.25, 0.3) is 10.2 Å². The number of rotatable bonds is 4. The number of ether oxygens (including phenoxy) is 1. The van der Waals surface area contributed by atoms with E-state index in [-0.39, 0.29) is 18.2 Å². The fraction of sp³-hybridized carbons (Fsp3) is 0.571. The Balaban J connectivity index is 1.63. The molecular formula is C14H18N4O3S2. The van der Waals surface area contributed by atoms with Gasteiger partial charge in [0.15, 0.2) is 0 Å². The van der Waals surface area contributed by atoms with Crippen LogP contribution < -0.4 is 10.0 Å². The first-order chi connectivity index (χ1) is 10.9. The minimum absolute atomic E-state index is 0.0180. The zero-order chi connectivity index (χ0) is 16.2. The Kier molecular flexibility index (Phi) is 3.56. The molecule has 7 nitrogen and oxygen atoms in total. The van der Waals surface area contributed by atoms with Gasteiger partial charge in [-0.2, -0.15) is 0 Å². The SMILES string of the molecule is Cc1cc2c(N[C@@H]3[C@@H]4CCO[C@@H]4[C@H]3NS(C)(=O)=O)ncnc2s1. The molecule has 0 amide bonds. The average Bonchev–Trinajstić information content (AvgIpc) is 3.04. The van der Waals surface area contributed by atoms with Gasteiger partial charge in [-0.25, -0.2) is 23.1 Å². The van der Waals surface area contributed by atoms with E-state index in [0.717, 1.165) is 22.5 Å².